The molecule has 0 spiro atoms. The van der Waals surface area contributed by atoms with E-state index in [0.29, 0.717) is 17.1 Å². The lowest BCUT2D eigenvalue weighted by atomic mass is 10.1. The predicted octanol–water partition coefficient (Wildman–Crippen LogP) is 6.90. The van der Waals surface area contributed by atoms with Crippen LogP contribution in [-0.2, 0) is 6.54 Å². The van der Waals surface area contributed by atoms with Gasteiger partial charge in [0, 0.05) is 33.9 Å². The van der Waals surface area contributed by atoms with E-state index in [-0.39, 0.29) is 5.82 Å². The number of imidazole rings is 1. The zero-order valence-electron chi connectivity index (χ0n) is 19.0. The number of benzene rings is 4. The number of para-hydroxylation sites is 3. The molecule has 0 radical (unpaired) electrons. The van der Waals surface area contributed by atoms with Gasteiger partial charge in [0.25, 0.3) is 0 Å². The fourth-order valence-corrected chi connectivity index (χ4v) is 5.02. The van der Waals surface area contributed by atoms with Gasteiger partial charge in [-0.1, -0.05) is 30.3 Å². The van der Waals surface area contributed by atoms with Crippen LogP contribution < -0.4 is 0 Å². The van der Waals surface area contributed by atoms with E-state index in [4.69, 9.17) is 15.0 Å². The molecule has 35 heavy (non-hydrogen) atoms. The Balaban J connectivity index is 1.58. The van der Waals surface area contributed by atoms with E-state index in [1.807, 2.05) is 28.8 Å². The van der Waals surface area contributed by atoms with E-state index in [2.05, 4.69) is 54.0 Å². The number of nitrogens with zero attached hydrogens (tertiary/aromatic N) is 5. The molecule has 0 unspecified atom stereocenters. The summed E-state index contributed by atoms with van der Waals surface area (Å²) >= 11 is 0. The predicted molar refractivity (Wildman–Crippen MR) is 138 cm³/mol. The summed E-state index contributed by atoms with van der Waals surface area (Å²) in [5.74, 6) is 0.390. The maximum Gasteiger partial charge on any atom is 0.199 e. The molecule has 7 rings (SSSR count). The van der Waals surface area contributed by atoms with Gasteiger partial charge < -0.3 is 4.57 Å². The van der Waals surface area contributed by atoms with Crippen molar-refractivity contribution >= 4 is 44.1 Å². The first kappa shape index (κ1) is 19.9. The molecule has 5 nitrogen and oxygen atoms in total. The van der Waals surface area contributed by atoms with Crippen LogP contribution >= 0.6 is 0 Å². The zero-order valence-corrected chi connectivity index (χ0v) is 19.0. The Morgan fingerprint density at radius 2 is 1.43 bits per heavy atom. The molecule has 0 fully saturated rings. The lowest BCUT2D eigenvalue weighted by molar-refractivity contribution is 0.628. The summed E-state index contributed by atoms with van der Waals surface area (Å²) in [4.78, 5) is 14.6. The van der Waals surface area contributed by atoms with Crippen LogP contribution in [0.1, 0.15) is 6.92 Å². The van der Waals surface area contributed by atoms with Crippen molar-refractivity contribution in [2.24, 2.45) is 0 Å². The zero-order chi connectivity index (χ0) is 23.5. The third-order valence-corrected chi connectivity index (χ3v) is 6.60. The van der Waals surface area contributed by atoms with Crippen LogP contribution in [0, 0.1) is 5.82 Å². The molecule has 7 aromatic rings. The van der Waals surface area contributed by atoms with Crippen LogP contribution in [0.3, 0.4) is 0 Å². The van der Waals surface area contributed by atoms with Crippen molar-refractivity contribution in [3.8, 4) is 17.1 Å². The highest BCUT2D eigenvalue weighted by Crippen LogP contribution is 2.34. The number of fused-ring (bicyclic) bond motifs is 5. The summed E-state index contributed by atoms with van der Waals surface area (Å²) < 4.78 is 18.1. The number of hydrogen-bond donors (Lipinski definition) is 0. The number of aromatic nitrogens is 5. The van der Waals surface area contributed by atoms with Gasteiger partial charge in [-0.15, -0.1) is 0 Å². The highest BCUT2D eigenvalue weighted by atomic mass is 19.1. The molecule has 3 heterocycles. The summed E-state index contributed by atoms with van der Waals surface area (Å²) in [7, 11) is 0. The van der Waals surface area contributed by atoms with Crippen molar-refractivity contribution in [3.63, 3.8) is 0 Å². The summed E-state index contributed by atoms with van der Waals surface area (Å²) in [6.45, 7) is 3.05. The molecule has 0 aliphatic carbocycles. The van der Waals surface area contributed by atoms with Crippen molar-refractivity contribution in [2.45, 2.75) is 13.5 Å². The third-order valence-electron chi connectivity index (χ3n) is 6.60. The van der Waals surface area contributed by atoms with Crippen molar-refractivity contribution < 1.29 is 4.39 Å². The first-order valence-electron chi connectivity index (χ1n) is 11.6. The van der Waals surface area contributed by atoms with Gasteiger partial charge in [-0.25, -0.2) is 19.3 Å². The van der Waals surface area contributed by atoms with E-state index in [9.17, 15) is 4.39 Å². The SMILES string of the molecule is CCn1c2ccccc2c2cc(-n3c(-c4ccc(F)cc4)nc4nc5ccccc5nc43)ccc21. The van der Waals surface area contributed by atoms with Crippen LogP contribution in [0.15, 0.2) is 91.0 Å². The fraction of sp³-hybridized carbons (Fsp3) is 0.0690. The topological polar surface area (TPSA) is 48.5 Å². The second kappa shape index (κ2) is 7.46. The van der Waals surface area contributed by atoms with Crippen molar-refractivity contribution in [2.75, 3.05) is 0 Å². The second-order valence-corrected chi connectivity index (χ2v) is 8.60. The first-order valence-corrected chi connectivity index (χ1v) is 11.6. The van der Waals surface area contributed by atoms with Crippen LogP contribution in [0.4, 0.5) is 4.39 Å². The van der Waals surface area contributed by atoms with Crippen molar-refractivity contribution in [1.29, 1.82) is 0 Å². The van der Waals surface area contributed by atoms with Gasteiger partial charge >= 0.3 is 0 Å². The standard InChI is InChI=1S/C29H20FN5/c1-2-34-25-10-6-3-7-21(25)22-17-20(15-16-26(22)34)35-28(18-11-13-19(30)14-12-18)33-27-29(35)32-24-9-5-4-8-23(24)31-27/h3-17H,2H2,1H3. The molecule has 0 saturated carbocycles. The molecule has 0 bridgehead atoms. The number of rotatable bonds is 3. The highest BCUT2D eigenvalue weighted by Gasteiger charge is 2.19. The summed E-state index contributed by atoms with van der Waals surface area (Å²) in [5, 5.41) is 2.37. The van der Waals surface area contributed by atoms with E-state index >= 15 is 0 Å². The molecule has 6 heteroatoms. The van der Waals surface area contributed by atoms with Gasteiger partial charge in [0.05, 0.1) is 16.7 Å². The Bertz CT molecular complexity index is 1900. The molecular weight excluding hydrogens is 437 g/mol. The molecule has 0 saturated heterocycles. The van der Waals surface area contributed by atoms with Gasteiger partial charge in [0.15, 0.2) is 11.3 Å². The van der Waals surface area contributed by atoms with Crippen LogP contribution in [0.2, 0.25) is 0 Å². The lowest BCUT2D eigenvalue weighted by Gasteiger charge is -2.10. The van der Waals surface area contributed by atoms with E-state index in [1.54, 1.807) is 12.1 Å². The minimum atomic E-state index is -0.285. The number of hydrogen-bond acceptors (Lipinski definition) is 3. The maximum absolute atomic E-state index is 13.7. The molecule has 0 aliphatic heterocycles. The van der Waals surface area contributed by atoms with Gasteiger partial charge in [-0.2, -0.15) is 0 Å². The normalized spacial score (nSPS) is 11.8. The van der Waals surface area contributed by atoms with Crippen LogP contribution in [0.5, 0.6) is 0 Å². The molecule has 168 valence electrons. The summed E-state index contributed by atoms with van der Waals surface area (Å²) in [5.41, 5.74) is 6.94. The van der Waals surface area contributed by atoms with Crippen LogP contribution in [0.25, 0.3) is 61.2 Å². The Labute approximate surface area is 200 Å². The molecular formula is C29H20FN5. The van der Waals surface area contributed by atoms with E-state index < -0.39 is 0 Å². The third kappa shape index (κ3) is 2.96. The molecule has 4 aromatic carbocycles. The van der Waals surface area contributed by atoms with Crippen molar-refractivity contribution in [1.82, 2.24) is 24.1 Å². The van der Waals surface area contributed by atoms with E-state index in [0.717, 1.165) is 28.8 Å². The molecule has 0 N–H and O–H groups in total. The smallest absolute Gasteiger partial charge is 0.199 e. The summed E-state index contributed by atoms with van der Waals surface area (Å²) in [6.07, 6.45) is 0. The van der Waals surface area contributed by atoms with Gasteiger partial charge in [0.1, 0.15) is 11.6 Å². The van der Waals surface area contributed by atoms with Gasteiger partial charge in [-0.3, -0.25) is 4.57 Å². The Morgan fingerprint density at radius 3 is 2.23 bits per heavy atom. The van der Waals surface area contributed by atoms with E-state index in [1.165, 1.54) is 33.9 Å². The Kier molecular flexibility index (Phi) is 4.23. The van der Waals surface area contributed by atoms with Gasteiger partial charge in [-0.05, 0) is 67.6 Å². The summed E-state index contributed by atoms with van der Waals surface area (Å²) in [6, 6.07) is 29.1. The molecule has 3 aromatic heterocycles. The fourth-order valence-electron chi connectivity index (χ4n) is 5.02. The highest BCUT2D eigenvalue weighted by molar-refractivity contribution is 6.08. The number of aryl methyl sites for hydroxylation is 1. The molecule has 0 amide bonds. The number of halogens is 1. The largest absolute Gasteiger partial charge is 0.341 e. The minimum Gasteiger partial charge on any atom is -0.341 e. The second-order valence-electron chi connectivity index (χ2n) is 8.60. The Hall–Kier alpha value is -4.58. The van der Waals surface area contributed by atoms with Gasteiger partial charge in [0.2, 0.25) is 0 Å². The first-order chi connectivity index (χ1) is 17.2. The Morgan fingerprint density at radius 1 is 0.714 bits per heavy atom. The van der Waals surface area contributed by atoms with Crippen molar-refractivity contribution in [3.05, 3.63) is 96.8 Å². The maximum atomic E-state index is 13.7. The quantitative estimate of drug-likeness (QED) is 0.290. The lowest BCUT2D eigenvalue weighted by Crippen LogP contribution is -2.00. The average Bonchev–Trinajstić information content (AvgIpc) is 3.42. The average molecular weight is 458 g/mol. The van der Waals surface area contributed by atoms with Crippen LogP contribution in [-0.4, -0.2) is 24.1 Å². The molecule has 0 aliphatic rings. The monoisotopic (exact) mass is 457 g/mol. The minimum absolute atomic E-state index is 0.285. The molecule has 0 atom stereocenters.